The Balaban J connectivity index is 2.81. The first kappa shape index (κ1) is 13.3. The monoisotopic (exact) mass is 248 g/mol. The third-order valence-electron chi connectivity index (χ3n) is 2.05. The van der Waals surface area contributed by atoms with Crippen molar-refractivity contribution in [1.29, 1.82) is 0 Å². The van der Waals surface area contributed by atoms with Crippen molar-refractivity contribution in [3.05, 3.63) is 29.8 Å². The Morgan fingerprint density at radius 3 is 2.53 bits per heavy atom. The van der Waals surface area contributed by atoms with Crippen molar-refractivity contribution in [2.75, 3.05) is 11.9 Å². The number of hydrogen-bond donors (Lipinski definition) is 3. The minimum Gasteiger partial charge on any atom is -0.381 e. The van der Waals surface area contributed by atoms with Crippen LogP contribution in [0.2, 0.25) is 0 Å². The fourth-order valence-corrected chi connectivity index (χ4v) is 1.19. The van der Waals surface area contributed by atoms with Crippen molar-refractivity contribution in [2.24, 2.45) is 5.73 Å². The summed E-state index contributed by atoms with van der Waals surface area (Å²) in [4.78, 5) is 10.5. The summed E-state index contributed by atoms with van der Waals surface area (Å²) >= 11 is 0. The maximum absolute atomic E-state index is 12.5. The van der Waals surface area contributed by atoms with Crippen LogP contribution in [0.5, 0.6) is 0 Å². The molecule has 1 aromatic rings. The average molecular weight is 248 g/mol. The fraction of sp³-hybridized carbons (Fsp3) is 0.300. The van der Waals surface area contributed by atoms with Crippen molar-refractivity contribution < 1.29 is 23.1 Å². The number of anilines is 1. The smallest absolute Gasteiger partial charge is 0.381 e. The zero-order valence-electron chi connectivity index (χ0n) is 8.66. The van der Waals surface area contributed by atoms with Crippen LogP contribution >= 0.6 is 0 Å². The highest BCUT2D eigenvalue weighted by atomic mass is 19.4. The van der Waals surface area contributed by atoms with Gasteiger partial charge < -0.3 is 16.2 Å². The number of para-hydroxylation sites is 1. The van der Waals surface area contributed by atoms with Crippen molar-refractivity contribution in [3.63, 3.8) is 0 Å². The van der Waals surface area contributed by atoms with E-state index in [4.69, 9.17) is 10.8 Å². The molecule has 94 valence electrons. The topological polar surface area (TPSA) is 75.4 Å². The van der Waals surface area contributed by atoms with Crippen molar-refractivity contribution >= 4 is 11.6 Å². The highest BCUT2D eigenvalue weighted by molar-refractivity contribution is 5.79. The standard InChI is InChI=1S/C10H11F3N2O2/c11-10(12,13)6-3-1-2-4-7(6)15-5-8(16)9(14)17/h1-4,8,15-16H,5H2,(H2,14,17). The Labute approximate surface area is 95.2 Å². The molecular weight excluding hydrogens is 237 g/mol. The normalized spacial score (nSPS) is 13.2. The lowest BCUT2D eigenvalue weighted by atomic mass is 10.1. The van der Waals surface area contributed by atoms with Gasteiger partial charge in [-0.25, -0.2) is 0 Å². The molecule has 7 heteroatoms. The minimum absolute atomic E-state index is 0.208. The van der Waals surface area contributed by atoms with Crippen LogP contribution in [0.15, 0.2) is 24.3 Å². The Bertz CT molecular complexity index is 407. The van der Waals surface area contributed by atoms with Crippen LogP contribution < -0.4 is 11.1 Å². The number of carbonyl (C=O) groups is 1. The van der Waals surface area contributed by atoms with E-state index in [1.165, 1.54) is 18.2 Å². The van der Waals surface area contributed by atoms with Gasteiger partial charge in [-0.2, -0.15) is 13.2 Å². The number of amides is 1. The molecule has 1 unspecified atom stereocenters. The van der Waals surface area contributed by atoms with E-state index in [0.29, 0.717) is 0 Å². The van der Waals surface area contributed by atoms with Gasteiger partial charge >= 0.3 is 6.18 Å². The highest BCUT2D eigenvalue weighted by Gasteiger charge is 2.33. The van der Waals surface area contributed by atoms with Gasteiger partial charge in [0, 0.05) is 12.2 Å². The lowest BCUT2D eigenvalue weighted by Crippen LogP contribution is -2.34. The van der Waals surface area contributed by atoms with Gasteiger partial charge in [-0.1, -0.05) is 12.1 Å². The van der Waals surface area contributed by atoms with Crippen molar-refractivity contribution in [2.45, 2.75) is 12.3 Å². The molecule has 0 bridgehead atoms. The molecule has 1 amide bonds. The number of hydrogen-bond acceptors (Lipinski definition) is 3. The molecule has 0 aliphatic rings. The van der Waals surface area contributed by atoms with E-state index in [9.17, 15) is 18.0 Å². The van der Waals surface area contributed by atoms with E-state index in [1.54, 1.807) is 0 Å². The SMILES string of the molecule is NC(=O)C(O)CNc1ccccc1C(F)(F)F. The summed E-state index contributed by atoms with van der Waals surface area (Å²) in [6.07, 6.45) is -6.03. The number of halogens is 3. The van der Waals surface area contributed by atoms with Gasteiger partial charge in [0.2, 0.25) is 5.91 Å². The third kappa shape index (κ3) is 3.63. The van der Waals surface area contributed by atoms with Gasteiger partial charge in [-0.3, -0.25) is 4.79 Å². The lowest BCUT2D eigenvalue weighted by Gasteiger charge is -2.15. The molecular formula is C10H11F3N2O2. The summed E-state index contributed by atoms with van der Waals surface area (Å²) in [6, 6.07) is 4.77. The van der Waals surface area contributed by atoms with Gasteiger partial charge in [0.15, 0.2) is 0 Å². The molecule has 1 rings (SSSR count). The zero-order valence-corrected chi connectivity index (χ0v) is 8.66. The molecule has 0 fully saturated rings. The predicted octanol–water partition coefficient (Wildman–Crippen LogP) is 0.963. The first-order chi connectivity index (χ1) is 7.82. The lowest BCUT2D eigenvalue weighted by molar-refractivity contribution is -0.137. The Hall–Kier alpha value is -1.76. The number of benzene rings is 1. The molecule has 0 radical (unpaired) electrons. The van der Waals surface area contributed by atoms with Crippen molar-refractivity contribution in [1.82, 2.24) is 0 Å². The second-order valence-electron chi connectivity index (χ2n) is 3.34. The summed E-state index contributed by atoms with van der Waals surface area (Å²) in [5, 5.41) is 11.4. The summed E-state index contributed by atoms with van der Waals surface area (Å²) in [5.41, 5.74) is 3.70. The van der Waals surface area contributed by atoms with E-state index in [2.05, 4.69) is 5.32 Å². The van der Waals surface area contributed by atoms with Crippen LogP contribution in [-0.4, -0.2) is 23.7 Å². The van der Waals surface area contributed by atoms with Gasteiger partial charge in [0.05, 0.1) is 5.56 Å². The van der Waals surface area contributed by atoms with Gasteiger partial charge in [-0.15, -0.1) is 0 Å². The number of nitrogens with two attached hydrogens (primary N) is 1. The molecule has 4 N–H and O–H groups in total. The number of nitrogens with one attached hydrogen (secondary N) is 1. The maximum atomic E-state index is 12.5. The second kappa shape index (κ2) is 5.05. The van der Waals surface area contributed by atoms with Gasteiger partial charge in [-0.05, 0) is 12.1 Å². The van der Waals surface area contributed by atoms with Crippen LogP contribution in [0.25, 0.3) is 0 Å². The maximum Gasteiger partial charge on any atom is 0.418 e. The van der Waals surface area contributed by atoms with Gasteiger partial charge in [0.1, 0.15) is 6.10 Å². The summed E-state index contributed by atoms with van der Waals surface area (Å²) in [5.74, 6) is -0.998. The molecule has 0 saturated carbocycles. The van der Waals surface area contributed by atoms with Crippen LogP contribution in [0.1, 0.15) is 5.56 Å². The molecule has 0 aliphatic heterocycles. The quantitative estimate of drug-likeness (QED) is 0.743. The number of rotatable bonds is 4. The fourth-order valence-electron chi connectivity index (χ4n) is 1.19. The zero-order chi connectivity index (χ0) is 13.1. The Morgan fingerprint density at radius 1 is 1.41 bits per heavy atom. The Kier molecular flexibility index (Phi) is 3.95. The molecule has 4 nitrogen and oxygen atoms in total. The molecule has 0 aliphatic carbocycles. The first-order valence-electron chi connectivity index (χ1n) is 4.70. The van der Waals surface area contributed by atoms with Crippen LogP contribution in [0.3, 0.4) is 0 Å². The second-order valence-corrected chi connectivity index (χ2v) is 3.34. The molecule has 0 saturated heterocycles. The van der Waals surface area contributed by atoms with E-state index in [1.807, 2.05) is 0 Å². The van der Waals surface area contributed by atoms with Crippen LogP contribution in [-0.2, 0) is 11.0 Å². The predicted molar refractivity (Wildman–Crippen MR) is 55.1 cm³/mol. The van der Waals surface area contributed by atoms with Crippen LogP contribution in [0.4, 0.5) is 18.9 Å². The molecule has 17 heavy (non-hydrogen) atoms. The number of aliphatic hydroxyl groups is 1. The largest absolute Gasteiger partial charge is 0.418 e. The number of carbonyl (C=O) groups excluding carboxylic acids is 1. The molecule has 0 spiro atoms. The molecule has 1 aromatic carbocycles. The highest BCUT2D eigenvalue weighted by Crippen LogP contribution is 2.34. The number of aliphatic hydroxyl groups excluding tert-OH is 1. The molecule has 0 aromatic heterocycles. The van der Waals surface area contributed by atoms with Gasteiger partial charge in [0.25, 0.3) is 0 Å². The minimum atomic E-state index is -4.50. The summed E-state index contributed by atoms with van der Waals surface area (Å²) in [6.45, 7) is -0.373. The van der Waals surface area contributed by atoms with E-state index < -0.39 is 23.8 Å². The van der Waals surface area contributed by atoms with E-state index >= 15 is 0 Å². The van der Waals surface area contributed by atoms with E-state index in [0.717, 1.165) is 6.07 Å². The summed E-state index contributed by atoms with van der Waals surface area (Å²) in [7, 11) is 0. The third-order valence-corrected chi connectivity index (χ3v) is 2.05. The Morgan fingerprint density at radius 2 is 2.00 bits per heavy atom. The molecule has 1 atom stereocenters. The molecule has 0 heterocycles. The number of primary amides is 1. The number of alkyl halides is 3. The average Bonchev–Trinajstić information content (AvgIpc) is 2.24. The van der Waals surface area contributed by atoms with Crippen molar-refractivity contribution in [3.8, 4) is 0 Å². The van der Waals surface area contributed by atoms with Crippen LogP contribution in [0, 0.1) is 0 Å². The first-order valence-corrected chi connectivity index (χ1v) is 4.70. The summed E-state index contributed by atoms with van der Waals surface area (Å²) < 4.78 is 37.6. The van der Waals surface area contributed by atoms with E-state index in [-0.39, 0.29) is 12.2 Å².